The molecule has 7 heteroatoms. The first-order valence-electron chi connectivity index (χ1n) is 7.46. The van der Waals surface area contributed by atoms with Crippen molar-refractivity contribution in [2.24, 2.45) is 0 Å². The van der Waals surface area contributed by atoms with E-state index in [4.69, 9.17) is 21.4 Å². The third-order valence-electron chi connectivity index (χ3n) is 3.80. The summed E-state index contributed by atoms with van der Waals surface area (Å²) in [5.74, 6) is 1.27. The van der Waals surface area contributed by atoms with E-state index in [0.29, 0.717) is 11.8 Å². The fraction of sp³-hybridized carbons (Fsp3) is 0.312. The van der Waals surface area contributed by atoms with Crippen LogP contribution >= 0.6 is 11.6 Å². The minimum absolute atomic E-state index is 0.233. The highest BCUT2D eigenvalue weighted by molar-refractivity contribution is 6.29. The van der Waals surface area contributed by atoms with Gasteiger partial charge in [-0.15, -0.1) is 0 Å². The molecule has 1 aliphatic carbocycles. The Morgan fingerprint density at radius 3 is 2.87 bits per heavy atom. The van der Waals surface area contributed by atoms with Gasteiger partial charge in [0, 0.05) is 18.5 Å². The second-order valence-corrected chi connectivity index (χ2v) is 6.01. The standard InChI is InChI=1S/C16H15ClN4O2/c17-13-5-16(20-14(8-22)19-13)23-9-12-7-21-6-11(10-1-2-10)3-4-15(21)18-12/h3-7,10,22H,1-2,8-9H2. The minimum atomic E-state index is -0.283. The summed E-state index contributed by atoms with van der Waals surface area (Å²) in [6, 6.07) is 5.69. The average molecular weight is 331 g/mol. The zero-order valence-corrected chi connectivity index (χ0v) is 13.1. The van der Waals surface area contributed by atoms with Gasteiger partial charge in [0.1, 0.15) is 24.0 Å². The van der Waals surface area contributed by atoms with Gasteiger partial charge < -0.3 is 14.2 Å². The Morgan fingerprint density at radius 1 is 1.22 bits per heavy atom. The van der Waals surface area contributed by atoms with E-state index in [2.05, 4.69) is 27.2 Å². The molecule has 3 aromatic rings. The van der Waals surface area contributed by atoms with Crippen LogP contribution < -0.4 is 4.74 Å². The number of hydrogen-bond acceptors (Lipinski definition) is 5. The Labute approximate surface area is 137 Å². The van der Waals surface area contributed by atoms with Crippen LogP contribution in [0.25, 0.3) is 5.65 Å². The topological polar surface area (TPSA) is 72.5 Å². The van der Waals surface area contributed by atoms with Gasteiger partial charge >= 0.3 is 0 Å². The third kappa shape index (κ3) is 3.13. The van der Waals surface area contributed by atoms with E-state index in [9.17, 15) is 0 Å². The van der Waals surface area contributed by atoms with Crippen molar-refractivity contribution in [1.82, 2.24) is 19.4 Å². The van der Waals surface area contributed by atoms with Crippen molar-refractivity contribution in [2.75, 3.05) is 0 Å². The quantitative estimate of drug-likeness (QED) is 0.728. The predicted octanol–water partition coefficient (Wildman–Crippen LogP) is 2.73. The molecule has 3 aromatic heterocycles. The predicted molar refractivity (Wildman–Crippen MR) is 84.5 cm³/mol. The number of halogens is 1. The van der Waals surface area contributed by atoms with Crippen LogP contribution in [0.15, 0.2) is 30.6 Å². The molecule has 4 rings (SSSR count). The van der Waals surface area contributed by atoms with E-state index >= 15 is 0 Å². The van der Waals surface area contributed by atoms with E-state index < -0.39 is 0 Å². The Hall–Kier alpha value is -2.18. The number of aliphatic hydroxyl groups is 1. The van der Waals surface area contributed by atoms with Gasteiger partial charge in [-0.05, 0) is 30.4 Å². The van der Waals surface area contributed by atoms with Crippen LogP contribution in [-0.4, -0.2) is 24.5 Å². The fourth-order valence-corrected chi connectivity index (χ4v) is 2.71. The molecule has 1 saturated carbocycles. The lowest BCUT2D eigenvalue weighted by Crippen LogP contribution is -2.01. The summed E-state index contributed by atoms with van der Waals surface area (Å²) in [7, 11) is 0. The average Bonchev–Trinajstić information content (AvgIpc) is 3.31. The van der Waals surface area contributed by atoms with E-state index in [1.807, 2.05) is 16.7 Å². The van der Waals surface area contributed by atoms with Gasteiger partial charge in [-0.2, -0.15) is 4.98 Å². The fourth-order valence-electron chi connectivity index (χ4n) is 2.52. The van der Waals surface area contributed by atoms with Crippen LogP contribution in [0.2, 0.25) is 5.15 Å². The lowest BCUT2D eigenvalue weighted by atomic mass is 10.2. The molecule has 3 heterocycles. The first kappa shape index (κ1) is 14.4. The van der Waals surface area contributed by atoms with Crippen molar-refractivity contribution in [3.8, 4) is 5.88 Å². The molecule has 1 aliphatic rings. The van der Waals surface area contributed by atoms with Crippen LogP contribution in [-0.2, 0) is 13.2 Å². The number of nitrogens with zero attached hydrogens (tertiary/aromatic N) is 4. The molecule has 0 aromatic carbocycles. The maximum absolute atomic E-state index is 9.09. The smallest absolute Gasteiger partial charge is 0.218 e. The summed E-state index contributed by atoms with van der Waals surface area (Å²) in [5, 5.41) is 9.33. The first-order chi connectivity index (χ1) is 11.2. The van der Waals surface area contributed by atoms with Crippen molar-refractivity contribution in [3.63, 3.8) is 0 Å². The molecule has 6 nitrogen and oxygen atoms in total. The largest absolute Gasteiger partial charge is 0.471 e. The third-order valence-corrected chi connectivity index (χ3v) is 3.99. The van der Waals surface area contributed by atoms with Crippen LogP contribution in [0.1, 0.15) is 35.8 Å². The number of ether oxygens (including phenoxy) is 1. The normalized spacial score (nSPS) is 14.3. The maximum Gasteiger partial charge on any atom is 0.218 e. The molecule has 0 bridgehead atoms. The van der Waals surface area contributed by atoms with Gasteiger partial charge in [0.2, 0.25) is 5.88 Å². The van der Waals surface area contributed by atoms with Crippen molar-refractivity contribution in [1.29, 1.82) is 0 Å². The van der Waals surface area contributed by atoms with Gasteiger partial charge in [0.25, 0.3) is 0 Å². The molecule has 0 aliphatic heterocycles. The van der Waals surface area contributed by atoms with E-state index in [-0.39, 0.29) is 24.2 Å². The van der Waals surface area contributed by atoms with Crippen molar-refractivity contribution >= 4 is 17.2 Å². The maximum atomic E-state index is 9.09. The molecule has 0 unspecified atom stereocenters. The SMILES string of the molecule is OCc1nc(Cl)cc(OCc2cn3cc(C4CC4)ccc3n2)n1. The molecule has 0 amide bonds. The lowest BCUT2D eigenvalue weighted by Gasteiger charge is -2.04. The number of hydrogen-bond donors (Lipinski definition) is 1. The highest BCUT2D eigenvalue weighted by atomic mass is 35.5. The number of fused-ring (bicyclic) bond motifs is 1. The Bertz CT molecular complexity index is 860. The van der Waals surface area contributed by atoms with Gasteiger partial charge in [0.05, 0.1) is 5.69 Å². The van der Waals surface area contributed by atoms with Crippen LogP contribution in [0.4, 0.5) is 0 Å². The molecular formula is C16H15ClN4O2. The molecule has 118 valence electrons. The summed E-state index contributed by atoms with van der Waals surface area (Å²) in [4.78, 5) is 12.5. The molecule has 0 saturated heterocycles. The zero-order chi connectivity index (χ0) is 15.8. The molecule has 0 atom stereocenters. The Balaban J connectivity index is 1.52. The molecule has 0 spiro atoms. The molecule has 0 radical (unpaired) electrons. The summed E-state index contributed by atoms with van der Waals surface area (Å²) >= 11 is 5.87. The van der Waals surface area contributed by atoms with Gasteiger partial charge in [-0.25, -0.2) is 9.97 Å². The summed E-state index contributed by atoms with van der Waals surface area (Å²) < 4.78 is 7.64. The first-order valence-corrected chi connectivity index (χ1v) is 7.84. The second kappa shape index (κ2) is 5.79. The summed E-state index contributed by atoms with van der Waals surface area (Å²) in [5.41, 5.74) is 3.06. The lowest BCUT2D eigenvalue weighted by molar-refractivity contribution is 0.259. The second-order valence-electron chi connectivity index (χ2n) is 5.63. The van der Waals surface area contributed by atoms with E-state index in [1.54, 1.807) is 0 Å². The van der Waals surface area contributed by atoms with Gasteiger partial charge in [-0.3, -0.25) is 0 Å². The van der Waals surface area contributed by atoms with E-state index in [1.165, 1.54) is 24.5 Å². The van der Waals surface area contributed by atoms with Crippen LogP contribution in [0.3, 0.4) is 0 Å². The van der Waals surface area contributed by atoms with E-state index in [0.717, 1.165) is 11.3 Å². The van der Waals surface area contributed by atoms with Gasteiger partial charge in [0.15, 0.2) is 5.82 Å². The monoisotopic (exact) mass is 330 g/mol. The molecular weight excluding hydrogens is 316 g/mol. The van der Waals surface area contributed by atoms with Crippen LogP contribution in [0.5, 0.6) is 5.88 Å². The number of aromatic nitrogens is 4. The Kier molecular flexibility index (Phi) is 3.63. The molecule has 1 fully saturated rings. The zero-order valence-electron chi connectivity index (χ0n) is 12.3. The highest BCUT2D eigenvalue weighted by Gasteiger charge is 2.23. The molecule has 23 heavy (non-hydrogen) atoms. The van der Waals surface area contributed by atoms with Crippen molar-refractivity contribution < 1.29 is 9.84 Å². The summed E-state index contributed by atoms with van der Waals surface area (Å²) in [6.45, 7) is -0.00607. The Morgan fingerprint density at radius 2 is 2.09 bits per heavy atom. The summed E-state index contributed by atoms with van der Waals surface area (Å²) in [6.07, 6.45) is 6.64. The number of pyridine rings is 1. The number of aliphatic hydroxyl groups excluding tert-OH is 1. The van der Waals surface area contributed by atoms with Crippen molar-refractivity contribution in [3.05, 3.63) is 52.8 Å². The van der Waals surface area contributed by atoms with Crippen molar-refractivity contribution in [2.45, 2.75) is 32.0 Å². The minimum Gasteiger partial charge on any atom is -0.471 e. The van der Waals surface area contributed by atoms with Gasteiger partial charge in [-0.1, -0.05) is 17.7 Å². The number of rotatable bonds is 5. The highest BCUT2D eigenvalue weighted by Crippen LogP contribution is 2.39. The molecule has 1 N–H and O–H groups in total. The van der Waals surface area contributed by atoms with Crippen LogP contribution in [0, 0.1) is 0 Å². The number of imidazole rings is 1.